The fraction of sp³-hybridized carbons (Fsp3) is 0.130. The molecule has 2 heterocycles. The van der Waals surface area contributed by atoms with Crippen LogP contribution in [0.25, 0.3) is 0 Å². The van der Waals surface area contributed by atoms with Gasteiger partial charge in [0.1, 0.15) is 5.92 Å². The van der Waals surface area contributed by atoms with Crippen LogP contribution in [0.1, 0.15) is 11.6 Å². The zero-order valence-electron chi connectivity index (χ0n) is 15.3. The number of halogens is 1. The molecular weight excluding hydrogens is 432 g/mol. The third-order valence-electron chi connectivity index (χ3n) is 5.35. The van der Waals surface area contributed by atoms with E-state index >= 15 is 0 Å². The number of para-hydroxylation sites is 2. The molecule has 0 unspecified atom stereocenters. The van der Waals surface area contributed by atoms with Crippen LogP contribution in [0.5, 0.6) is 0 Å². The molecule has 5 rings (SSSR count). The molecule has 29 heavy (non-hydrogen) atoms. The zero-order chi connectivity index (χ0) is 20.0. The normalized spacial score (nSPS) is 23.6. The summed E-state index contributed by atoms with van der Waals surface area (Å²) in [6.45, 7) is 0. The van der Waals surface area contributed by atoms with Crippen molar-refractivity contribution < 1.29 is 14.4 Å². The number of imide groups is 1. The van der Waals surface area contributed by atoms with Gasteiger partial charge in [-0.1, -0.05) is 64.5 Å². The quantitative estimate of drug-likeness (QED) is 0.553. The Labute approximate surface area is 176 Å². The van der Waals surface area contributed by atoms with Crippen LogP contribution < -0.4 is 9.96 Å². The van der Waals surface area contributed by atoms with E-state index in [9.17, 15) is 9.59 Å². The maximum Gasteiger partial charge on any atom is 0.266 e. The van der Waals surface area contributed by atoms with Crippen LogP contribution in [0.15, 0.2) is 89.4 Å². The van der Waals surface area contributed by atoms with Crippen molar-refractivity contribution in [2.75, 3.05) is 9.96 Å². The number of hydrogen-bond donors (Lipinski definition) is 0. The van der Waals surface area contributed by atoms with Gasteiger partial charge in [0.2, 0.25) is 5.91 Å². The number of hydroxylamine groups is 1. The van der Waals surface area contributed by atoms with Crippen molar-refractivity contribution in [2.24, 2.45) is 5.92 Å². The molecule has 2 aliphatic rings. The summed E-state index contributed by atoms with van der Waals surface area (Å²) in [6.07, 6.45) is -0.850. The van der Waals surface area contributed by atoms with Crippen molar-refractivity contribution >= 4 is 39.1 Å². The van der Waals surface area contributed by atoms with Crippen LogP contribution in [0.4, 0.5) is 11.4 Å². The number of hydrogen-bond acceptors (Lipinski definition) is 4. The number of nitrogens with zero attached hydrogens (tertiary/aromatic N) is 2. The molecule has 3 atom stereocenters. The first-order valence-electron chi connectivity index (χ1n) is 9.34. The second-order valence-electron chi connectivity index (χ2n) is 7.06. The van der Waals surface area contributed by atoms with Crippen LogP contribution in [0.2, 0.25) is 0 Å². The molecule has 0 radical (unpaired) electrons. The highest BCUT2D eigenvalue weighted by Gasteiger charge is 2.60. The summed E-state index contributed by atoms with van der Waals surface area (Å²) in [5.41, 5.74) is 2.30. The van der Waals surface area contributed by atoms with Gasteiger partial charge in [-0.15, -0.1) is 0 Å². The van der Waals surface area contributed by atoms with Crippen molar-refractivity contribution in [1.82, 2.24) is 0 Å². The van der Waals surface area contributed by atoms with Gasteiger partial charge < -0.3 is 0 Å². The first-order valence-corrected chi connectivity index (χ1v) is 10.1. The van der Waals surface area contributed by atoms with E-state index in [0.717, 1.165) is 15.7 Å². The Morgan fingerprint density at radius 2 is 1.31 bits per heavy atom. The van der Waals surface area contributed by atoms with E-state index in [1.54, 1.807) is 17.2 Å². The molecule has 5 nitrogen and oxygen atoms in total. The molecule has 0 aromatic heterocycles. The molecule has 0 saturated carbocycles. The van der Waals surface area contributed by atoms with E-state index in [0.29, 0.717) is 5.69 Å². The van der Waals surface area contributed by atoms with E-state index in [1.165, 1.54) is 4.90 Å². The smallest absolute Gasteiger partial charge is 0.266 e. The zero-order valence-corrected chi connectivity index (χ0v) is 16.9. The molecule has 2 aliphatic heterocycles. The molecule has 3 aromatic carbocycles. The number of carbonyl (C=O) groups is 2. The molecule has 0 spiro atoms. The van der Waals surface area contributed by atoms with Gasteiger partial charge in [0.25, 0.3) is 5.91 Å². The Kier molecular flexibility index (Phi) is 4.45. The number of benzene rings is 3. The average Bonchev–Trinajstić information content (AvgIpc) is 3.26. The Bertz CT molecular complexity index is 1060. The van der Waals surface area contributed by atoms with E-state index in [4.69, 9.17) is 4.84 Å². The second-order valence-corrected chi connectivity index (χ2v) is 7.97. The number of fused-ring (bicyclic) bond motifs is 1. The lowest BCUT2D eigenvalue weighted by atomic mass is 9.90. The van der Waals surface area contributed by atoms with Gasteiger partial charge in [0.05, 0.1) is 17.4 Å². The van der Waals surface area contributed by atoms with Crippen molar-refractivity contribution in [1.29, 1.82) is 0 Å². The molecule has 2 amide bonds. The third-order valence-corrected chi connectivity index (χ3v) is 5.88. The summed E-state index contributed by atoms with van der Waals surface area (Å²) in [4.78, 5) is 33.9. The largest absolute Gasteiger partial charge is 0.273 e. The molecule has 2 fully saturated rings. The van der Waals surface area contributed by atoms with E-state index in [-0.39, 0.29) is 11.8 Å². The Hall–Kier alpha value is -2.96. The number of anilines is 2. The maximum atomic E-state index is 13.4. The molecule has 6 heteroatoms. The molecular formula is C23H17BrN2O3. The van der Waals surface area contributed by atoms with Crippen LogP contribution in [-0.2, 0) is 14.4 Å². The molecule has 0 aliphatic carbocycles. The van der Waals surface area contributed by atoms with Gasteiger partial charge in [0, 0.05) is 4.47 Å². The van der Waals surface area contributed by atoms with Gasteiger partial charge in [-0.3, -0.25) is 14.4 Å². The predicted molar refractivity (Wildman–Crippen MR) is 113 cm³/mol. The Balaban J connectivity index is 1.59. The van der Waals surface area contributed by atoms with Crippen molar-refractivity contribution in [3.05, 3.63) is 95.0 Å². The second kappa shape index (κ2) is 7.13. The summed E-state index contributed by atoms with van der Waals surface area (Å²) in [5, 5.41) is 1.71. The highest BCUT2D eigenvalue weighted by atomic mass is 79.9. The summed E-state index contributed by atoms with van der Waals surface area (Å²) in [6, 6.07) is 25.9. The lowest BCUT2D eigenvalue weighted by Crippen LogP contribution is -2.37. The third kappa shape index (κ3) is 2.96. The molecule has 3 aromatic rings. The molecule has 0 bridgehead atoms. The number of amides is 2. The van der Waals surface area contributed by atoms with Gasteiger partial charge in [0.15, 0.2) is 6.10 Å². The van der Waals surface area contributed by atoms with E-state index in [1.807, 2.05) is 72.8 Å². The number of carbonyl (C=O) groups excluding carboxylic acids is 2. The fourth-order valence-corrected chi connectivity index (χ4v) is 4.31. The standard InChI is InChI=1S/C23H17BrN2O3/c24-16-13-11-15(12-14-16)20-19-21(29-26(20)18-9-5-2-6-10-18)23(28)25(22(19)27)17-7-3-1-4-8-17/h1-14,19-21H/t19-,20-,21+/m0/s1. The van der Waals surface area contributed by atoms with Crippen LogP contribution in [0, 0.1) is 5.92 Å². The fourth-order valence-electron chi connectivity index (χ4n) is 4.04. The molecule has 0 N–H and O–H groups in total. The van der Waals surface area contributed by atoms with Crippen LogP contribution in [-0.4, -0.2) is 17.9 Å². The lowest BCUT2D eigenvalue weighted by molar-refractivity contribution is -0.126. The first-order chi connectivity index (χ1) is 14.1. The monoisotopic (exact) mass is 448 g/mol. The van der Waals surface area contributed by atoms with Gasteiger partial charge in [-0.25, -0.2) is 9.96 Å². The minimum absolute atomic E-state index is 0.238. The summed E-state index contributed by atoms with van der Waals surface area (Å²) in [7, 11) is 0. The predicted octanol–water partition coefficient (Wildman–Crippen LogP) is 4.50. The molecule has 144 valence electrons. The lowest BCUT2D eigenvalue weighted by Gasteiger charge is -2.28. The maximum absolute atomic E-state index is 13.4. The van der Waals surface area contributed by atoms with E-state index in [2.05, 4.69) is 15.9 Å². The van der Waals surface area contributed by atoms with Crippen molar-refractivity contribution in [2.45, 2.75) is 12.1 Å². The van der Waals surface area contributed by atoms with Crippen molar-refractivity contribution in [3.63, 3.8) is 0 Å². The Morgan fingerprint density at radius 3 is 1.93 bits per heavy atom. The van der Waals surface area contributed by atoms with Crippen LogP contribution in [0.3, 0.4) is 0 Å². The van der Waals surface area contributed by atoms with E-state index < -0.39 is 18.1 Å². The SMILES string of the molecule is O=C1[C@@H]2[C@@H](ON(c3ccccc3)[C@H]2c2ccc(Br)cc2)C(=O)N1c1ccccc1. The Morgan fingerprint density at radius 1 is 0.724 bits per heavy atom. The minimum atomic E-state index is -0.850. The number of rotatable bonds is 3. The summed E-state index contributed by atoms with van der Waals surface area (Å²) < 4.78 is 0.947. The highest BCUT2D eigenvalue weighted by molar-refractivity contribution is 9.10. The molecule has 2 saturated heterocycles. The van der Waals surface area contributed by atoms with Gasteiger partial charge in [-0.05, 0) is 42.0 Å². The van der Waals surface area contributed by atoms with Crippen LogP contribution >= 0.6 is 15.9 Å². The summed E-state index contributed by atoms with van der Waals surface area (Å²) >= 11 is 3.46. The van der Waals surface area contributed by atoms with Crippen molar-refractivity contribution in [3.8, 4) is 0 Å². The average molecular weight is 449 g/mol. The van der Waals surface area contributed by atoms with Gasteiger partial charge in [-0.2, -0.15) is 0 Å². The summed E-state index contributed by atoms with van der Waals surface area (Å²) in [5.74, 6) is -1.19. The highest BCUT2D eigenvalue weighted by Crippen LogP contribution is 2.47. The topological polar surface area (TPSA) is 49.9 Å². The van der Waals surface area contributed by atoms with Gasteiger partial charge >= 0.3 is 0 Å². The minimum Gasteiger partial charge on any atom is -0.273 e. The first kappa shape index (κ1) is 18.1.